The van der Waals surface area contributed by atoms with E-state index in [9.17, 15) is 0 Å². The molecular formula is C12H18N2. The number of aromatic nitrogens is 1. The Balaban J connectivity index is 1.76. The lowest BCUT2D eigenvalue weighted by atomic mass is 10.1. The van der Waals surface area contributed by atoms with Crippen molar-refractivity contribution in [2.24, 2.45) is 0 Å². The fraction of sp³-hybridized carbons (Fsp3) is 0.583. The predicted octanol–water partition coefficient (Wildman–Crippen LogP) is 2.11. The quantitative estimate of drug-likeness (QED) is 0.725. The Labute approximate surface area is 86.0 Å². The summed E-state index contributed by atoms with van der Waals surface area (Å²) < 4.78 is 0. The van der Waals surface area contributed by atoms with Crippen molar-refractivity contribution in [1.82, 2.24) is 9.88 Å². The number of rotatable bonds is 3. The summed E-state index contributed by atoms with van der Waals surface area (Å²) in [4.78, 5) is 6.60. The van der Waals surface area contributed by atoms with Crippen LogP contribution in [-0.4, -0.2) is 29.5 Å². The molecule has 1 aliphatic heterocycles. The Kier molecular flexibility index (Phi) is 3.52. The lowest BCUT2D eigenvalue weighted by Crippen LogP contribution is -2.31. The van der Waals surface area contributed by atoms with E-state index in [1.165, 1.54) is 50.9 Å². The normalized spacial score (nSPS) is 18.3. The van der Waals surface area contributed by atoms with Crippen molar-refractivity contribution in [3.8, 4) is 0 Å². The number of nitrogens with zero attached hydrogens (tertiary/aromatic N) is 2. The van der Waals surface area contributed by atoms with E-state index in [0.29, 0.717) is 0 Å². The van der Waals surface area contributed by atoms with Crippen LogP contribution < -0.4 is 0 Å². The summed E-state index contributed by atoms with van der Waals surface area (Å²) in [5.41, 5.74) is 1.41. The molecule has 2 heteroatoms. The van der Waals surface area contributed by atoms with Crippen molar-refractivity contribution >= 4 is 0 Å². The number of hydrogen-bond donors (Lipinski definition) is 0. The monoisotopic (exact) mass is 190 g/mol. The largest absolute Gasteiger partial charge is 0.303 e. The van der Waals surface area contributed by atoms with Gasteiger partial charge in [-0.05, 0) is 50.0 Å². The minimum absolute atomic E-state index is 1.17. The average molecular weight is 190 g/mol. The minimum atomic E-state index is 1.17. The van der Waals surface area contributed by atoms with Gasteiger partial charge in [0, 0.05) is 18.9 Å². The Morgan fingerprint density at radius 3 is 2.50 bits per heavy atom. The van der Waals surface area contributed by atoms with Crippen LogP contribution in [0.2, 0.25) is 0 Å². The molecule has 0 amide bonds. The second-order valence-corrected chi connectivity index (χ2v) is 4.01. The number of hydrogen-bond acceptors (Lipinski definition) is 2. The first kappa shape index (κ1) is 9.66. The molecule has 2 heterocycles. The van der Waals surface area contributed by atoms with Gasteiger partial charge in [-0.25, -0.2) is 0 Å². The molecule has 1 aliphatic rings. The first-order valence-electron chi connectivity index (χ1n) is 5.56. The van der Waals surface area contributed by atoms with E-state index in [0.717, 1.165) is 0 Å². The van der Waals surface area contributed by atoms with Crippen molar-refractivity contribution < 1.29 is 0 Å². The predicted molar refractivity (Wildman–Crippen MR) is 58.2 cm³/mol. The fourth-order valence-electron chi connectivity index (χ4n) is 2.02. The molecule has 1 aromatic heterocycles. The molecule has 14 heavy (non-hydrogen) atoms. The van der Waals surface area contributed by atoms with E-state index in [4.69, 9.17) is 0 Å². The summed E-state index contributed by atoms with van der Waals surface area (Å²) >= 11 is 0. The van der Waals surface area contributed by atoms with Crippen LogP contribution in [-0.2, 0) is 6.42 Å². The molecular weight excluding hydrogens is 172 g/mol. The standard InChI is InChI=1S/C12H18N2/c1-2-9-14(10-3-1)11-6-12-4-7-13-8-5-12/h4-5,7-8H,1-3,6,9-11H2. The van der Waals surface area contributed by atoms with Crippen LogP contribution in [0, 0.1) is 0 Å². The van der Waals surface area contributed by atoms with Crippen LogP contribution in [0.5, 0.6) is 0 Å². The summed E-state index contributed by atoms with van der Waals surface area (Å²) in [5.74, 6) is 0. The van der Waals surface area contributed by atoms with E-state index >= 15 is 0 Å². The fourth-order valence-corrected chi connectivity index (χ4v) is 2.02. The third-order valence-electron chi connectivity index (χ3n) is 2.91. The van der Waals surface area contributed by atoms with E-state index in [-0.39, 0.29) is 0 Å². The summed E-state index contributed by atoms with van der Waals surface area (Å²) in [6.07, 6.45) is 9.12. The van der Waals surface area contributed by atoms with Gasteiger partial charge in [-0.15, -0.1) is 0 Å². The molecule has 0 N–H and O–H groups in total. The topological polar surface area (TPSA) is 16.1 Å². The van der Waals surface area contributed by atoms with Gasteiger partial charge in [0.1, 0.15) is 0 Å². The molecule has 0 aromatic carbocycles. The molecule has 0 unspecified atom stereocenters. The SMILES string of the molecule is c1cc(CCN2CCCCC2)ccn1. The smallest absolute Gasteiger partial charge is 0.0270 e. The van der Waals surface area contributed by atoms with Crippen molar-refractivity contribution in [3.05, 3.63) is 30.1 Å². The Morgan fingerprint density at radius 1 is 1.07 bits per heavy atom. The van der Waals surface area contributed by atoms with E-state index in [1.54, 1.807) is 0 Å². The lowest BCUT2D eigenvalue weighted by molar-refractivity contribution is 0.231. The third-order valence-corrected chi connectivity index (χ3v) is 2.91. The van der Waals surface area contributed by atoms with E-state index in [2.05, 4.69) is 22.0 Å². The minimum Gasteiger partial charge on any atom is -0.303 e. The van der Waals surface area contributed by atoms with Crippen molar-refractivity contribution in [3.63, 3.8) is 0 Å². The van der Waals surface area contributed by atoms with Gasteiger partial charge in [0.2, 0.25) is 0 Å². The molecule has 76 valence electrons. The molecule has 0 radical (unpaired) electrons. The van der Waals surface area contributed by atoms with Crippen LogP contribution in [0.4, 0.5) is 0 Å². The van der Waals surface area contributed by atoms with Crippen LogP contribution >= 0.6 is 0 Å². The van der Waals surface area contributed by atoms with Crippen LogP contribution in [0.1, 0.15) is 24.8 Å². The van der Waals surface area contributed by atoms with E-state index < -0.39 is 0 Å². The maximum absolute atomic E-state index is 4.03. The zero-order valence-corrected chi connectivity index (χ0v) is 8.65. The highest BCUT2D eigenvalue weighted by Gasteiger charge is 2.08. The van der Waals surface area contributed by atoms with Crippen LogP contribution in [0.3, 0.4) is 0 Å². The third kappa shape index (κ3) is 2.81. The van der Waals surface area contributed by atoms with Crippen molar-refractivity contribution in [1.29, 1.82) is 0 Å². The highest BCUT2D eigenvalue weighted by atomic mass is 15.1. The molecule has 0 spiro atoms. The molecule has 0 atom stereocenters. The van der Waals surface area contributed by atoms with Gasteiger partial charge in [-0.1, -0.05) is 6.42 Å². The maximum Gasteiger partial charge on any atom is 0.0270 e. The molecule has 2 rings (SSSR count). The first-order chi connectivity index (χ1) is 6.95. The Morgan fingerprint density at radius 2 is 1.79 bits per heavy atom. The highest BCUT2D eigenvalue weighted by molar-refractivity contribution is 5.09. The molecule has 0 bridgehead atoms. The van der Waals surface area contributed by atoms with Gasteiger partial charge in [0.25, 0.3) is 0 Å². The van der Waals surface area contributed by atoms with Gasteiger partial charge in [0.05, 0.1) is 0 Å². The summed E-state index contributed by atoms with van der Waals surface area (Å²) in [6, 6.07) is 4.23. The first-order valence-corrected chi connectivity index (χ1v) is 5.56. The lowest BCUT2D eigenvalue weighted by Gasteiger charge is -2.26. The van der Waals surface area contributed by atoms with Crippen LogP contribution in [0.15, 0.2) is 24.5 Å². The van der Waals surface area contributed by atoms with Gasteiger partial charge >= 0.3 is 0 Å². The molecule has 2 nitrogen and oxygen atoms in total. The summed E-state index contributed by atoms with van der Waals surface area (Å²) in [5, 5.41) is 0. The molecule has 0 saturated carbocycles. The number of piperidine rings is 1. The Bertz CT molecular complexity index is 252. The van der Waals surface area contributed by atoms with Gasteiger partial charge in [-0.2, -0.15) is 0 Å². The molecule has 1 aromatic rings. The maximum atomic E-state index is 4.03. The summed E-state index contributed by atoms with van der Waals surface area (Å²) in [6.45, 7) is 3.81. The van der Waals surface area contributed by atoms with E-state index in [1.807, 2.05) is 12.4 Å². The highest BCUT2D eigenvalue weighted by Crippen LogP contribution is 2.09. The molecule has 0 aliphatic carbocycles. The summed E-state index contributed by atoms with van der Waals surface area (Å²) in [7, 11) is 0. The van der Waals surface area contributed by atoms with Crippen LogP contribution in [0.25, 0.3) is 0 Å². The number of likely N-dealkylation sites (tertiary alicyclic amines) is 1. The van der Waals surface area contributed by atoms with Gasteiger partial charge in [-0.3, -0.25) is 4.98 Å². The second kappa shape index (κ2) is 5.11. The number of pyridine rings is 1. The van der Waals surface area contributed by atoms with Crippen molar-refractivity contribution in [2.45, 2.75) is 25.7 Å². The second-order valence-electron chi connectivity index (χ2n) is 4.01. The van der Waals surface area contributed by atoms with Gasteiger partial charge < -0.3 is 4.90 Å². The van der Waals surface area contributed by atoms with Gasteiger partial charge in [0.15, 0.2) is 0 Å². The van der Waals surface area contributed by atoms with Crippen molar-refractivity contribution in [2.75, 3.05) is 19.6 Å². The Hall–Kier alpha value is -0.890. The zero-order valence-electron chi connectivity index (χ0n) is 8.65. The molecule has 1 saturated heterocycles. The zero-order chi connectivity index (χ0) is 9.64. The molecule has 1 fully saturated rings. The average Bonchev–Trinajstić information content (AvgIpc) is 2.29.